The molecule has 4 nitrogen and oxygen atoms in total. The Kier molecular flexibility index (Phi) is 5.53. The van der Waals surface area contributed by atoms with Crippen LogP contribution >= 0.6 is 23.1 Å². The van der Waals surface area contributed by atoms with Gasteiger partial charge in [-0.25, -0.2) is 0 Å². The van der Waals surface area contributed by atoms with Gasteiger partial charge in [0.2, 0.25) is 0 Å². The maximum absolute atomic E-state index is 12.2. The zero-order valence-corrected chi connectivity index (χ0v) is 12.9. The van der Waals surface area contributed by atoms with Gasteiger partial charge in [-0.1, -0.05) is 32.2 Å². The molecule has 0 saturated carbocycles. The van der Waals surface area contributed by atoms with Crippen molar-refractivity contribution in [2.45, 2.75) is 52.0 Å². The topological polar surface area (TPSA) is 54.9 Å². The number of nitrogens with one attached hydrogen (secondary N) is 1. The van der Waals surface area contributed by atoms with E-state index in [0.717, 1.165) is 30.1 Å². The molecule has 0 aliphatic heterocycles. The third-order valence-electron chi connectivity index (χ3n) is 2.69. The molecule has 1 N–H and O–H groups in total. The predicted octanol–water partition coefficient (Wildman–Crippen LogP) is 2.97. The number of rotatable bonds is 5. The quantitative estimate of drug-likeness (QED) is 0.848. The number of hydrogen-bond acceptors (Lipinski definition) is 4. The number of carbonyl (C=O) groups is 1. The molecule has 0 bridgehead atoms. The SMILES string of the molecule is CCC(CCCl)NC(=O)c1snnc1C(C)(C)C. The molecule has 1 atom stereocenters. The van der Waals surface area contributed by atoms with E-state index in [4.69, 9.17) is 11.6 Å². The van der Waals surface area contributed by atoms with Crippen LogP contribution in [0.4, 0.5) is 0 Å². The standard InChI is InChI=1S/C12H20ClN3OS/c1-5-8(6-7-13)14-11(17)9-10(12(2,3)4)15-16-18-9/h8H,5-7H2,1-4H3,(H,14,17). The summed E-state index contributed by atoms with van der Waals surface area (Å²) in [6.07, 6.45) is 1.65. The van der Waals surface area contributed by atoms with E-state index in [-0.39, 0.29) is 17.4 Å². The summed E-state index contributed by atoms with van der Waals surface area (Å²) in [5.41, 5.74) is 0.583. The van der Waals surface area contributed by atoms with Crippen molar-refractivity contribution in [3.63, 3.8) is 0 Å². The zero-order valence-electron chi connectivity index (χ0n) is 11.3. The van der Waals surface area contributed by atoms with Crippen molar-refractivity contribution in [3.8, 4) is 0 Å². The summed E-state index contributed by atoms with van der Waals surface area (Å²) < 4.78 is 3.89. The van der Waals surface area contributed by atoms with Crippen molar-refractivity contribution in [1.29, 1.82) is 0 Å². The molecule has 18 heavy (non-hydrogen) atoms. The van der Waals surface area contributed by atoms with Gasteiger partial charge in [0.15, 0.2) is 0 Å². The highest BCUT2D eigenvalue weighted by Crippen LogP contribution is 2.25. The molecule has 102 valence electrons. The number of aromatic nitrogens is 2. The summed E-state index contributed by atoms with van der Waals surface area (Å²) in [5, 5.41) is 7.06. The van der Waals surface area contributed by atoms with Gasteiger partial charge < -0.3 is 5.32 Å². The van der Waals surface area contributed by atoms with Crippen LogP contribution < -0.4 is 5.32 Å². The zero-order chi connectivity index (χ0) is 13.8. The Hall–Kier alpha value is -0.680. The summed E-state index contributed by atoms with van der Waals surface area (Å²) >= 11 is 6.86. The van der Waals surface area contributed by atoms with E-state index in [1.54, 1.807) is 0 Å². The van der Waals surface area contributed by atoms with Crippen molar-refractivity contribution in [2.75, 3.05) is 5.88 Å². The highest BCUT2D eigenvalue weighted by atomic mass is 35.5. The molecule has 1 rings (SSSR count). The van der Waals surface area contributed by atoms with Gasteiger partial charge >= 0.3 is 0 Å². The molecule has 1 unspecified atom stereocenters. The average molecular weight is 290 g/mol. The van der Waals surface area contributed by atoms with E-state index in [0.29, 0.717) is 10.8 Å². The maximum atomic E-state index is 12.2. The molecule has 1 heterocycles. The van der Waals surface area contributed by atoms with E-state index in [9.17, 15) is 4.79 Å². The van der Waals surface area contributed by atoms with Gasteiger partial charge in [-0.15, -0.1) is 16.7 Å². The highest BCUT2D eigenvalue weighted by Gasteiger charge is 2.27. The molecule has 0 aromatic carbocycles. The monoisotopic (exact) mass is 289 g/mol. The second-order valence-electron chi connectivity index (χ2n) is 5.26. The molecule has 0 fully saturated rings. The summed E-state index contributed by atoms with van der Waals surface area (Å²) in [6.45, 7) is 8.11. The Labute approximate surface area is 117 Å². The molecule has 6 heteroatoms. The lowest BCUT2D eigenvalue weighted by Crippen LogP contribution is -2.35. The number of alkyl halides is 1. The number of hydrogen-bond donors (Lipinski definition) is 1. The van der Waals surface area contributed by atoms with Gasteiger partial charge in [-0.3, -0.25) is 4.79 Å². The van der Waals surface area contributed by atoms with Crippen molar-refractivity contribution in [3.05, 3.63) is 10.6 Å². The molecule has 0 aliphatic carbocycles. The van der Waals surface area contributed by atoms with Gasteiger partial charge in [0, 0.05) is 17.3 Å². The fourth-order valence-electron chi connectivity index (χ4n) is 1.59. The lowest BCUT2D eigenvalue weighted by atomic mass is 9.91. The molecule has 1 aromatic rings. The summed E-state index contributed by atoms with van der Waals surface area (Å²) in [7, 11) is 0. The van der Waals surface area contributed by atoms with Gasteiger partial charge in [0.1, 0.15) is 4.88 Å². The largest absolute Gasteiger partial charge is 0.348 e. The van der Waals surface area contributed by atoms with E-state index in [1.165, 1.54) is 0 Å². The molecule has 0 spiro atoms. The first-order valence-corrected chi connectivity index (χ1v) is 7.40. The van der Waals surface area contributed by atoms with Crippen LogP contribution in [-0.4, -0.2) is 27.4 Å². The minimum atomic E-state index is -0.173. The molecule has 0 saturated heterocycles. The first-order valence-electron chi connectivity index (χ1n) is 6.09. The van der Waals surface area contributed by atoms with Crippen LogP contribution in [0.25, 0.3) is 0 Å². The molecule has 0 aliphatic rings. The smallest absolute Gasteiger partial charge is 0.265 e. The Balaban J connectivity index is 2.82. The van der Waals surface area contributed by atoms with Crippen LogP contribution in [0.1, 0.15) is 55.9 Å². The summed E-state index contributed by atoms with van der Waals surface area (Å²) in [5.74, 6) is 0.457. The third-order valence-corrected chi connectivity index (χ3v) is 3.63. The fourth-order valence-corrected chi connectivity index (χ4v) is 2.63. The number of halogens is 1. The van der Waals surface area contributed by atoms with Gasteiger partial charge in [-0.05, 0) is 24.4 Å². The summed E-state index contributed by atoms with van der Waals surface area (Å²) in [4.78, 5) is 12.8. The summed E-state index contributed by atoms with van der Waals surface area (Å²) in [6, 6.07) is 0.116. The van der Waals surface area contributed by atoms with Crippen LogP contribution in [-0.2, 0) is 5.41 Å². The van der Waals surface area contributed by atoms with Crippen LogP contribution in [0.15, 0.2) is 0 Å². The van der Waals surface area contributed by atoms with Crippen molar-refractivity contribution >= 4 is 29.0 Å². The Morgan fingerprint density at radius 2 is 2.17 bits per heavy atom. The van der Waals surface area contributed by atoms with Crippen LogP contribution in [0.5, 0.6) is 0 Å². The first kappa shape index (κ1) is 15.4. The number of amides is 1. The molecule has 1 amide bonds. The van der Waals surface area contributed by atoms with Gasteiger partial charge in [0.05, 0.1) is 5.69 Å². The minimum Gasteiger partial charge on any atom is -0.348 e. The highest BCUT2D eigenvalue weighted by molar-refractivity contribution is 7.08. The Morgan fingerprint density at radius 1 is 1.50 bits per heavy atom. The van der Waals surface area contributed by atoms with Gasteiger partial charge in [0.25, 0.3) is 5.91 Å². The van der Waals surface area contributed by atoms with Crippen LogP contribution in [0.2, 0.25) is 0 Å². The second-order valence-corrected chi connectivity index (χ2v) is 6.39. The van der Waals surface area contributed by atoms with Crippen LogP contribution in [0.3, 0.4) is 0 Å². The maximum Gasteiger partial charge on any atom is 0.265 e. The van der Waals surface area contributed by atoms with E-state index in [2.05, 4.69) is 14.9 Å². The van der Waals surface area contributed by atoms with E-state index in [1.807, 2.05) is 27.7 Å². The first-order chi connectivity index (χ1) is 8.40. The average Bonchev–Trinajstić information content (AvgIpc) is 2.76. The van der Waals surface area contributed by atoms with Crippen molar-refractivity contribution < 1.29 is 4.79 Å². The third kappa shape index (κ3) is 3.92. The normalized spacial score (nSPS) is 13.4. The second kappa shape index (κ2) is 6.48. The lowest BCUT2D eigenvalue weighted by Gasteiger charge is -2.18. The minimum absolute atomic E-state index is 0.0908. The van der Waals surface area contributed by atoms with Gasteiger partial charge in [-0.2, -0.15) is 0 Å². The van der Waals surface area contributed by atoms with Crippen molar-refractivity contribution in [1.82, 2.24) is 14.9 Å². The van der Waals surface area contributed by atoms with E-state index >= 15 is 0 Å². The Bertz CT molecular complexity index is 400. The van der Waals surface area contributed by atoms with Crippen molar-refractivity contribution in [2.24, 2.45) is 0 Å². The number of nitrogens with zero attached hydrogens (tertiary/aromatic N) is 2. The van der Waals surface area contributed by atoms with Crippen LogP contribution in [0, 0.1) is 0 Å². The molecule has 1 aromatic heterocycles. The lowest BCUT2D eigenvalue weighted by molar-refractivity contribution is 0.0937. The molecule has 0 radical (unpaired) electrons. The Morgan fingerprint density at radius 3 is 2.67 bits per heavy atom. The van der Waals surface area contributed by atoms with E-state index < -0.39 is 0 Å². The molecular weight excluding hydrogens is 270 g/mol. The molecular formula is C12H20ClN3OS. The fraction of sp³-hybridized carbons (Fsp3) is 0.750. The predicted molar refractivity (Wildman–Crippen MR) is 75.5 cm³/mol. The number of carbonyl (C=O) groups excluding carboxylic acids is 1.